The van der Waals surface area contributed by atoms with E-state index in [1.165, 1.54) is 19.3 Å². The van der Waals surface area contributed by atoms with Crippen molar-refractivity contribution in [1.82, 2.24) is 5.32 Å². The quantitative estimate of drug-likeness (QED) is 0.733. The number of hydrogen-bond acceptors (Lipinski definition) is 2. The molecule has 0 unspecified atom stereocenters. The number of rotatable bonds is 6. The Morgan fingerprint density at radius 2 is 1.52 bits per heavy atom. The van der Waals surface area contributed by atoms with Crippen molar-refractivity contribution in [1.29, 1.82) is 0 Å². The van der Waals surface area contributed by atoms with E-state index in [2.05, 4.69) is 16.7 Å². The van der Waals surface area contributed by atoms with Crippen LogP contribution in [-0.4, -0.2) is 18.4 Å². The van der Waals surface area contributed by atoms with Gasteiger partial charge >= 0.3 is 0 Å². The second-order valence-corrected chi connectivity index (χ2v) is 9.48. The summed E-state index contributed by atoms with van der Waals surface area (Å²) in [5.41, 5.74) is 3.06. The molecule has 4 aliphatic rings. The van der Waals surface area contributed by atoms with Crippen LogP contribution in [0.15, 0.2) is 18.2 Å². The molecule has 1 aromatic carbocycles. The van der Waals surface area contributed by atoms with Crippen molar-refractivity contribution in [3.05, 3.63) is 29.3 Å². The number of nitrogens with one attached hydrogen (secondary N) is 2. The third kappa shape index (κ3) is 4.04. The molecular formula is C23H32N2O2. The van der Waals surface area contributed by atoms with E-state index in [1.807, 2.05) is 26.0 Å². The molecule has 5 rings (SSSR count). The van der Waals surface area contributed by atoms with Gasteiger partial charge in [-0.05, 0) is 99.8 Å². The van der Waals surface area contributed by atoms with E-state index in [0.29, 0.717) is 19.4 Å². The summed E-state index contributed by atoms with van der Waals surface area (Å²) >= 11 is 0. The van der Waals surface area contributed by atoms with Crippen LogP contribution in [0.5, 0.6) is 0 Å². The smallest absolute Gasteiger partial charge is 0.226 e. The average Bonchev–Trinajstić information content (AvgIpc) is 2.56. The highest BCUT2D eigenvalue weighted by Gasteiger charge is 2.54. The van der Waals surface area contributed by atoms with Crippen molar-refractivity contribution in [2.45, 2.75) is 65.2 Å². The van der Waals surface area contributed by atoms with Gasteiger partial charge in [0.1, 0.15) is 0 Å². The van der Waals surface area contributed by atoms with Crippen molar-refractivity contribution in [3.63, 3.8) is 0 Å². The summed E-state index contributed by atoms with van der Waals surface area (Å²) < 4.78 is 0. The largest absolute Gasteiger partial charge is 0.356 e. The summed E-state index contributed by atoms with van der Waals surface area (Å²) in [4.78, 5) is 25.1. The van der Waals surface area contributed by atoms with Crippen molar-refractivity contribution >= 4 is 17.5 Å². The molecular weight excluding hydrogens is 336 g/mol. The Labute approximate surface area is 162 Å². The standard InChI is InChI=1S/C23H32N2O2/c1-15-6-16(2)8-20(7-15)25-21(26)4-3-5-24-22(27)23-12-17-9-18(13-23)11-19(10-17)14-23/h6-8,17-19H,3-5,9-14H2,1-2H3,(H,24,27)(H,25,26). The second-order valence-electron chi connectivity index (χ2n) is 9.48. The molecule has 27 heavy (non-hydrogen) atoms. The number of aryl methyl sites for hydroxylation is 2. The summed E-state index contributed by atoms with van der Waals surface area (Å²) in [6, 6.07) is 6.06. The first kappa shape index (κ1) is 18.5. The molecule has 146 valence electrons. The van der Waals surface area contributed by atoms with Gasteiger partial charge in [0.25, 0.3) is 0 Å². The van der Waals surface area contributed by atoms with Gasteiger partial charge in [-0.3, -0.25) is 9.59 Å². The predicted molar refractivity (Wildman–Crippen MR) is 107 cm³/mol. The molecule has 0 atom stereocenters. The minimum Gasteiger partial charge on any atom is -0.356 e. The van der Waals surface area contributed by atoms with Crippen molar-refractivity contribution in [2.75, 3.05) is 11.9 Å². The number of carbonyl (C=O) groups excluding carboxylic acids is 2. The highest BCUT2D eigenvalue weighted by atomic mass is 16.2. The van der Waals surface area contributed by atoms with Crippen LogP contribution in [0, 0.1) is 37.0 Å². The molecule has 4 bridgehead atoms. The SMILES string of the molecule is Cc1cc(C)cc(NC(=O)CCCNC(=O)C23CC4CC(CC(C4)C2)C3)c1. The van der Waals surface area contributed by atoms with E-state index in [-0.39, 0.29) is 17.2 Å². The summed E-state index contributed by atoms with van der Waals surface area (Å²) in [6.07, 6.45) is 8.47. The summed E-state index contributed by atoms with van der Waals surface area (Å²) in [7, 11) is 0. The maximum Gasteiger partial charge on any atom is 0.226 e. The van der Waals surface area contributed by atoms with Gasteiger partial charge in [-0.2, -0.15) is 0 Å². The van der Waals surface area contributed by atoms with Gasteiger partial charge in [-0.25, -0.2) is 0 Å². The van der Waals surface area contributed by atoms with Crippen molar-refractivity contribution < 1.29 is 9.59 Å². The van der Waals surface area contributed by atoms with E-state index in [0.717, 1.165) is 53.8 Å². The fraction of sp³-hybridized carbons (Fsp3) is 0.652. The number of benzene rings is 1. The lowest BCUT2D eigenvalue weighted by Gasteiger charge is -2.55. The molecule has 2 N–H and O–H groups in total. The third-order valence-electron chi connectivity index (χ3n) is 6.89. The highest BCUT2D eigenvalue weighted by molar-refractivity contribution is 5.91. The Morgan fingerprint density at radius 3 is 2.07 bits per heavy atom. The molecule has 0 heterocycles. The van der Waals surface area contributed by atoms with E-state index in [9.17, 15) is 9.59 Å². The lowest BCUT2D eigenvalue weighted by molar-refractivity contribution is -0.146. The maximum atomic E-state index is 12.9. The second kappa shape index (κ2) is 7.29. The third-order valence-corrected chi connectivity index (χ3v) is 6.89. The minimum absolute atomic E-state index is 0.0176. The highest BCUT2D eigenvalue weighted by Crippen LogP contribution is 2.60. The maximum absolute atomic E-state index is 12.9. The molecule has 0 aliphatic heterocycles. The topological polar surface area (TPSA) is 58.2 Å². The normalized spacial score (nSPS) is 31.0. The van der Waals surface area contributed by atoms with Gasteiger partial charge in [-0.15, -0.1) is 0 Å². The predicted octanol–water partition coefficient (Wildman–Crippen LogP) is 4.35. The van der Waals surface area contributed by atoms with Gasteiger partial charge in [-0.1, -0.05) is 6.07 Å². The minimum atomic E-state index is -0.0872. The van der Waals surface area contributed by atoms with Crippen LogP contribution < -0.4 is 10.6 Å². The van der Waals surface area contributed by atoms with E-state index >= 15 is 0 Å². The van der Waals surface area contributed by atoms with Crippen LogP contribution in [0.1, 0.15) is 62.5 Å². The summed E-state index contributed by atoms with van der Waals surface area (Å²) in [5, 5.41) is 6.13. The van der Waals surface area contributed by atoms with Gasteiger partial charge < -0.3 is 10.6 Å². The van der Waals surface area contributed by atoms with Crippen LogP contribution in [-0.2, 0) is 9.59 Å². The average molecular weight is 369 g/mol. The fourth-order valence-electron chi connectivity index (χ4n) is 6.30. The zero-order valence-corrected chi connectivity index (χ0v) is 16.6. The molecule has 4 nitrogen and oxygen atoms in total. The lowest BCUT2D eigenvalue weighted by atomic mass is 9.49. The molecule has 4 fully saturated rings. The Morgan fingerprint density at radius 1 is 0.963 bits per heavy atom. The van der Waals surface area contributed by atoms with Crippen molar-refractivity contribution in [2.24, 2.45) is 23.2 Å². The summed E-state index contributed by atoms with van der Waals surface area (Å²) in [5.74, 6) is 2.63. The number of carbonyl (C=O) groups is 2. The Bertz CT molecular complexity index is 684. The molecule has 0 spiro atoms. The van der Waals surface area contributed by atoms with Gasteiger partial charge in [0.05, 0.1) is 0 Å². The zero-order chi connectivity index (χ0) is 19.0. The molecule has 4 aliphatic carbocycles. The molecule has 2 amide bonds. The van der Waals surface area contributed by atoms with Crippen LogP contribution in [0.2, 0.25) is 0 Å². The zero-order valence-electron chi connectivity index (χ0n) is 16.6. The van der Waals surface area contributed by atoms with Gasteiger partial charge in [0, 0.05) is 24.1 Å². The fourth-order valence-corrected chi connectivity index (χ4v) is 6.30. The van der Waals surface area contributed by atoms with E-state index < -0.39 is 0 Å². The molecule has 0 saturated heterocycles. The van der Waals surface area contributed by atoms with Crippen LogP contribution in [0.4, 0.5) is 5.69 Å². The first-order valence-corrected chi connectivity index (χ1v) is 10.6. The number of anilines is 1. The first-order chi connectivity index (χ1) is 12.9. The monoisotopic (exact) mass is 368 g/mol. The molecule has 0 radical (unpaired) electrons. The Kier molecular flexibility index (Phi) is 5.00. The lowest BCUT2D eigenvalue weighted by Crippen LogP contribution is -2.53. The van der Waals surface area contributed by atoms with Crippen LogP contribution in [0.25, 0.3) is 0 Å². The number of amides is 2. The first-order valence-electron chi connectivity index (χ1n) is 10.6. The van der Waals surface area contributed by atoms with Gasteiger partial charge in [0.15, 0.2) is 0 Å². The Balaban J connectivity index is 1.22. The molecule has 4 heteroatoms. The van der Waals surface area contributed by atoms with Crippen molar-refractivity contribution in [3.8, 4) is 0 Å². The number of hydrogen-bond donors (Lipinski definition) is 2. The van der Waals surface area contributed by atoms with Crippen LogP contribution >= 0.6 is 0 Å². The van der Waals surface area contributed by atoms with Gasteiger partial charge in [0.2, 0.25) is 11.8 Å². The Hall–Kier alpha value is -1.84. The summed E-state index contributed by atoms with van der Waals surface area (Å²) in [6.45, 7) is 4.66. The molecule has 0 aromatic heterocycles. The van der Waals surface area contributed by atoms with Crippen LogP contribution in [0.3, 0.4) is 0 Å². The molecule has 1 aromatic rings. The van der Waals surface area contributed by atoms with E-state index in [1.54, 1.807) is 0 Å². The molecule has 4 saturated carbocycles. The van der Waals surface area contributed by atoms with E-state index in [4.69, 9.17) is 0 Å².